The topological polar surface area (TPSA) is 44.5 Å². The summed E-state index contributed by atoms with van der Waals surface area (Å²) in [6.45, 7) is 0.0966. The Balaban J connectivity index is 2.20. The van der Waals surface area contributed by atoms with Crippen LogP contribution in [0.3, 0.4) is 0 Å². The van der Waals surface area contributed by atoms with Gasteiger partial charge in [-0.05, 0) is 24.1 Å². The summed E-state index contributed by atoms with van der Waals surface area (Å²) in [6.07, 6.45) is -2.50. The van der Waals surface area contributed by atoms with Gasteiger partial charge in [-0.2, -0.15) is 0 Å². The minimum absolute atomic E-state index is 0.0496. The van der Waals surface area contributed by atoms with Gasteiger partial charge in [-0.3, -0.25) is 0 Å². The van der Waals surface area contributed by atoms with Crippen molar-refractivity contribution >= 4 is 11.6 Å². The molecule has 3 nitrogen and oxygen atoms in total. The van der Waals surface area contributed by atoms with Crippen LogP contribution in [0, 0.1) is 0 Å². The Morgan fingerprint density at radius 1 is 1.38 bits per heavy atom. The lowest BCUT2D eigenvalue weighted by Crippen LogP contribution is -2.30. The number of halogens is 3. The van der Waals surface area contributed by atoms with Crippen LogP contribution in [0.5, 0.6) is 11.5 Å². The van der Waals surface area contributed by atoms with E-state index in [4.69, 9.17) is 26.8 Å². The summed E-state index contributed by atoms with van der Waals surface area (Å²) in [5.74, 6) is 0.931. The Hall–Kier alpha value is -1.07. The molecule has 0 saturated carbocycles. The quantitative estimate of drug-likeness (QED) is 0.893. The molecular formula is C10H10ClF2NO2. The van der Waals surface area contributed by atoms with E-state index in [0.29, 0.717) is 22.1 Å². The number of ether oxygens (including phenoxy) is 2. The van der Waals surface area contributed by atoms with Crippen molar-refractivity contribution in [2.45, 2.75) is 18.9 Å². The summed E-state index contributed by atoms with van der Waals surface area (Å²) in [4.78, 5) is 0. The first-order valence-corrected chi connectivity index (χ1v) is 5.07. The third-order valence-electron chi connectivity index (χ3n) is 2.28. The maximum absolute atomic E-state index is 12.3. The summed E-state index contributed by atoms with van der Waals surface area (Å²) < 4.78 is 34.8. The first-order valence-electron chi connectivity index (χ1n) is 4.69. The van der Waals surface area contributed by atoms with Gasteiger partial charge in [0.05, 0.1) is 11.1 Å². The van der Waals surface area contributed by atoms with Gasteiger partial charge in [0, 0.05) is 0 Å². The fourth-order valence-corrected chi connectivity index (χ4v) is 1.79. The summed E-state index contributed by atoms with van der Waals surface area (Å²) in [5, 5.41) is 0.353. The average Bonchev–Trinajstić information content (AvgIpc) is 2.65. The summed E-state index contributed by atoms with van der Waals surface area (Å²) in [6, 6.07) is 1.99. The van der Waals surface area contributed by atoms with Crippen LogP contribution in [-0.4, -0.2) is 19.3 Å². The number of benzene rings is 1. The van der Waals surface area contributed by atoms with Crippen molar-refractivity contribution in [1.29, 1.82) is 0 Å². The van der Waals surface area contributed by atoms with Crippen LogP contribution in [-0.2, 0) is 6.42 Å². The predicted octanol–water partition coefficient (Wildman–Crippen LogP) is 2.20. The van der Waals surface area contributed by atoms with E-state index < -0.39 is 12.5 Å². The van der Waals surface area contributed by atoms with Crippen LogP contribution in [0.2, 0.25) is 5.02 Å². The van der Waals surface area contributed by atoms with Crippen molar-refractivity contribution in [1.82, 2.24) is 0 Å². The first kappa shape index (κ1) is 11.4. The van der Waals surface area contributed by atoms with Gasteiger partial charge in [-0.1, -0.05) is 11.6 Å². The fourth-order valence-electron chi connectivity index (χ4n) is 1.50. The highest BCUT2D eigenvalue weighted by molar-refractivity contribution is 6.32. The molecule has 2 N–H and O–H groups in total. The Morgan fingerprint density at radius 2 is 2.12 bits per heavy atom. The summed E-state index contributed by atoms with van der Waals surface area (Å²) in [5.41, 5.74) is 5.89. The molecule has 0 fully saturated rings. The smallest absolute Gasteiger partial charge is 0.253 e. The minimum atomic E-state index is -2.55. The molecule has 1 atom stereocenters. The van der Waals surface area contributed by atoms with Crippen LogP contribution in [0.1, 0.15) is 5.56 Å². The third kappa shape index (κ3) is 2.20. The number of nitrogens with two attached hydrogens (primary N) is 1. The second kappa shape index (κ2) is 4.43. The van der Waals surface area contributed by atoms with Gasteiger partial charge in [0.2, 0.25) is 6.79 Å². The first-order chi connectivity index (χ1) is 7.58. The van der Waals surface area contributed by atoms with Crippen molar-refractivity contribution < 1.29 is 18.3 Å². The van der Waals surface area contributed by atoms with Crippen molar-refractivity contribution in [2.24, 2.45) is 5.73 Å². The molecule has 0 spiro atoms. The molecule has 16 heavy (non-hydrogen) atoms. The zero-order valence-electron chi connectivity index (χ0n) is 8.25. The maximum atomic E-state index is 12.3. The Kier molecular flexibility index (Phi) is 3.16. The van der Waals surface area contributed by atoms with Crippen LogP contribution in [0.25, 0.3) is 0 Å². The number of hydrogen-bond donors (Lipinski definition) is 1. The van der Waals surface area contributed by atoms with Crippen molar-refractivity contribution in [3.05, 3.63) is 22.7 Å². The number of fused-ring (bicyclic) bond motifs is 1. The zero-order chi connectivity index (χ0) is 11.7. The lowest BCUT2D eigenvalue weighted by molar-refractivity contribution is 0.116. The normalized spacial score (nSPS) is 15.6. The molecule has 0 bridgehead atoms. The molecule has 2 rings (SSSR count). The maximum Gasteiger partial charge on any atom is 0.253 e. The SMILES string of the molecule is NC(Cc1cc(Cl)c2c(c1)OCO2)C(F)F. The number of hydrogen-bond acceptors (Lipinski definition) is 3. The lowest BCUT2D eigenvalue weighted by Gasteiger charge is -2.11. The van der Waals surface area contributed by atoms with Gasteiger partial charge in [-0.15, -0.1) is 0 Å². The van der Waals surface area contributed by atoms with E-state index in [0.717, 1.165) is 0 Å². The van der Waals surface area contributed by atoms with Crippen LogP contribution in [0.15, 0.2) is 12.1 Å². The van der Waals surface area contributed by atoms with E-state index in [9.17, 15) is 8.78 Å². The molecule has 0 aromatic heterocycles. The molecule has 0 radical (unpaired) electrons. The van der Waals surface area contributed by atoms with Crippen LogP contribution < -0.4 is 15.2 Å². The second-order valence-electron chi connectivity index (χ2n) is 3.51. The molecule has 0 amide bonds. The standard InChI is InChI=1S/C10H10ClF2NO2/c11-6-1-5(2-7(14)10(12)13)3-8-9(6)16-4-15-8/h1,3,7,10H,2,4,14H2. The molecule has 1 aliphatic rings. The minimum Gasteiger partial charge on any atom is -0.454 e. The molecule has 0 aliphatic carbocycles. The van der Waals surface area contributed by atoms with Gasteiger partial charge >= 0.3 is 0 Å². The van der Waals surface area contributed by atoms with E-state index in [1.54, 1.807) is 12.1 Å². The zero-order valence-corrected chi connectivity index (χ0v) is 9.01. The molecule has 1 aromatic carbocycles. The van der Waals surface area contributed by atoms with E-state index >= 15 is 0 Å². The summed E-state index contributed by atoms with van der Waals surface area (Å²) in [7, 11) is 0. The molecule has 1 aliphatic heterocycles. The van der Waals surface area contributed by atoms with E-state index in [1.807, 2.05) is 0 Å². The largest absolute Gasteiger partial charge is 0.454 e. The number of alkyl halides is 2. The van der Waals surface area contributed by atoms with E-state index in [-0.39, 0.29) is 13.2 Å². The van der Waals surface area contributed by atoms with Gasteiger partial charge in [0.25, 0.3) is 6.43 Å². The van der Waals surface area contributed by atoms with Gasteiger partial charge in [-0.25, -0.2) is 8.78 Å². The van der Waals surface area contributed by atoms with Gasteiger partial charge in [0.15, 0.2) is 11.5 Å². The second-order valence-corrected chi connectivity index (χ2v) is 3.92. The molecule has 1 aromatic rings. The Bertz CT molecular complexity index is 401. The van der Waals surface area contributed by atoms with E-state index in [2.05, 4.69) is 0 Å². The highest BCUT2D eigenvalue weighted by Crippen LogP contribution is 2.40. The molecule has 88 valence electrons. The van der Waals surface area contributed by atoms with Gasteiger partial charge < -0.3 is 15.2 Å². The van der Waals surface area contributed by atoms with Crippen LogP contribution in [0.4, 0.5) is 8.78 Å². The highest BCUT2D eigenvalue weighted by atomic mass is 35.5. The van der Waals surface area contributed by atoms with E-state index in [1.165, 1.54) is 0 Å². The van der Waals surface area contributed by atoms with Crippen molar-refractivity contribution in [3.8, 4) is 11.5 Å². The molecule has 0 saturated heterocycles. The molecule has 1 unspecified atom stereocenters. The van der Waals surface area contributed by atoms with Crippen molar-refractivity contribution in [2.75, 3.05) is 6.79 Å². The molecule has 1 heterocycles. The average molecular weight is 250 g/mol. The number of rotatable bonds is 3. The monoisotopic (exact) mass is 249 g/mol. The van der Waals surface area contributed by atoms with Crippen LogP contribution >= 0.6 is 11.6 Å². The van der Waals surface area contributed by atoms with Crippen molar-refractivity contribution in [3.63, 3.8) is 0 Å². The van der Waals surface area contributed by atoms with Gasteiger partial charge in [0.1, 0.15) is 0 Å². The third-order valence-corrected chi connectivity index (χ3v) is 2.56. The predicted molar refractivity (Wildman–Crippen MR) is 55.3 cm³/mol. The Labute approximate surface area is 96.1 Å². The Morgan fingerprint density at radius 3 is 2.81 bits per heavy atom. The fraction of sp³-hybridized carbons (Fsp3) is 0.400. The summed E-state index contributed by atoms with van der Waals surface area (Å²) >= 11 is 5.90. The highest BCUT2D eigenvalue weighted by Gasteiger charge is 2.21. The lowest BCUT2D eigenvalue weighted by atomic mass is 10.1. The molecule has 6 heteroatoms. The molecular weight excluding hydrogens is 240 g/mol.